The van der Waals surface area contributed by atoms with Crippen molar-refractivity contribution in [3.63, 3.8) is 0 Å². The Balaban J connectivity index is 3.27. The van der Waals surface area contributed by atoms with Crippen molar-refractivity contribution in [1.82, 2.24) is 10.6 Å². The van der Waals surface area contributed by atoms with Gasteiger partial charge >= 0.3 is 0 Å². The van der Waals surface area contributed by atoms with Gasteiger partial charge < -0.3 is 15.4 Å². The van der Waals surface area contributed by atoms with Gasteiger partial charge in [0.05, 0.1) is 0 Å². The standard InChI is InChI=1S/C14H30N2O2/c1-5-6-11-18-12-7-9-15-13(17)8-10-16-14(2,3)4/h16H,5-12H2,1-4H3,(H,15,17). The van der Waals surface area contributed by atoms with Crippen LogP contribution in [0, 0.1) is 0 Å². The lowest BCUT2D eigenvalue weighted by molar-refractivity contribution is -0.121. The average Bonchev–Trinajstić information content (AvgIpc) is 2.26. The quantitative estimate of drug-likeness (QED) is 0.590. The molecule has 4 nitrogen and oxygen atoms in total. The lowest BCUT2D eigenvalue weighted by Crippen LogP contribution is -2.38. The third-order valence-corrected chi connectivity index (χ3v) is 2.44. The minimum Gasteiger partial charge on any atom is -0.381 e. The fourth-order valence-electron chi connectivity index (χ4n) is 1.39. The zero-order valence-electron chi connectivity index (χ0n) is 12.5. The van der Waals surface area contributed by atoms with E-state index < -0.39 is 0 Å². The minimum absolute atomic E-state index is 0.0768. The van der Waals surface area contributed by atoms with E-state index in [1.807, 2.05) is 0 Å². The van der Waals surface area contributed by atoms with Crippen LogP contribution in [0.15, 0.2) is 0 Å². The molecule has 18 heavy (non-hydrogen) atoms. The highest BCUT2D eigenvalue weighted by Crippen LogP contribution is 1.97. The number of carbonyl (C=O) groups is 1. The molecule has 0 spiro atoms. The summed E-state index contributed by atoms with van der Waals surface area (Å²) >= 11 is 0. The molecule has 0 atom stereocenters. The van der Waals surface area contributed by atoms with Gasteiger partial charge in [-0.3, -0.25) is 4.79 Å². The number of hydrogen-bond acceptors (Lipinski definition) is 3. The summed E-state index contributed by atoms with van der Waals surface area (Å²) < 4.78 is 5.42. The molecule has 0 rings (SSSR count). The summed E-state index contributed by atoms with van der Waals surface area (Å²) in [7, 11) is 0. The molecule has 0 aromatic rings. The highest BCUT2D eigenvalue weighted by Gasteiger charge is 2.09. The van der Waals surface area contributed by atoms with E-state index in [9.17, 15) is 4.79 Å². The van der Waals surface area contributed by atoms with Gasteiger partial charge in [-0.25, -0.2) is 0 Å². The zero-order chi connectivity index (χ0) is 13.9. The van der Waals surface area contributed by atoms with Crippen molar-refractivity contribution >= 4 is 5.91 Å². The number of ether oxygens (including phenoxy) is 1. The number of rotatable bonds is 10. The van der Waals surface area contributed by atoms with Crippen molar-refractivity contribution in [2.45, 2.75) is 58.9 Å². The predicted molar refractivity (Wildman–Crippen MR) is 75.7 cm³/mol. The minimum atomic E-state index is 0.0768. The molecule has 0 bridgehead atoms. The van der Waals surface area contributed by atoms with E-state index in [0.717, 1.165) is 39.0 Å². The first kappa shape index (κ1) is 17.4. The Morgan fingerprint density at radius 3 is 2.39 bits per heavy atom. The molecule has 4 heteroatoms. The Kier molecular flexibility index (Phi) is 9.98. The second-order valence-electron chi connectivity index (χ2n) is 5.60. The van der Waals surface area contributed by atoms with E-state index >= 15 is 0 Å². The second kappa shape index (κ2) is 10.3. The van der Waals surface area contributed by atoms with Gasteiger partial charge in [0.25, 0.3) is 0 Å². The van der Waals surface area contributed by atoms with Crippen LogP contribution < -0.4 is 10.6 Å². The van der Waals surface area contributed by atoms with E-state index in [1.165, 1.54) is 0 Å². The van der Waals surface area contributed by atoms with Crippen LogP contribution in [0.1, 0.15) is 53.4 Å². The summed E-state index contributed by atoms with van der Waals surface area (Å²) in [5.74, 6) is 0.111. The third kappa shape index (κ3) is 13.5. The molecule has 0 radical (unpaired) electrons. The number of carbonyl (C=O) groups excluding carboxylic acids is 1. The fraction of sp³-hybridized carbons (Fsp3) is 0.929. The average molecular weight is 258 g/mol. The number of amides is 1. The summed E-state index contributed by atoms with van der Waals surface area (Å²) in [4.78, 5) is 11.5. The lowest BCUT2D eigenvalue weighted by Gasteiger charge is -2.20. The molecular formula is C14H30N2O2. The van der Waals surface area contributed by atoms with E-state index in [1.54, 1.807) is 0 Å². The molecule has 0 aromatic heterocycles. The molecule has 0 saturated carbocycles. The van der Waals surface area contributed by atoms with Gasteiger partial charge in [0.2, 0.25) is 5.91 Å². The number of hydrogen-bond donors (Lipinski definition) is 2. The third-order valence-electron chi connectivity index (χ3n) is 2.44. The normalized spacial score (nSPS) is 11.6. The van der Waals surface area contributed by atoms with Crippen LogP contribution in [-0.2, 0) is 9.53 Å². The summed E-state index contributed by atoms with van der Waals surface area (Å²) in [5.41, 5.74) is 0.0768. The van der Waals surface area contributed by atoms with Crippen LogP contribution in [0.25, 0.3) is 0 Å². The SMILES string of the molecule is CCCCOCCCNC(=O)CCNC(C)(C)C. The summed E-state index contributed by atoms with van der Waals surface area (Å²) in [5, 5.41) is 6.19. The second-order valence-corrected chi connectivity index (χ2v) is 5.60. The van der Waals surface area contributed by atoms with Crippen molar-refractivity contribution in [2.75, 3.05) is 26.3 Å². The van der Waals surface area contributed by atoms with E-state index in [0.29, 0.717) is 13.0 Å². The Labute approximate surface area is 112 Å². The molecule has 0 saturated heterocycles. The van der Waals surface area contributed by atoms with Crippen LogP contribution in [0.2, 0.25) is 0 Å². The molecule has 1 amide bonds. The molecule has 0 fully saturated rings. The van der Waals surface area contributed by atoms with Crippen molar-refractivity contribution in [2.24, 2.45) is 0 Å². The number of nitrogens with one attached hydrogen (secondary N) is 2. The predicted octanol–water partition coefficient (Wildman–Crippen LogP) is 2.09. The smallest absolute Gasteiger partial charge is 0.221 e. The summed E-state index contributed by atoms with van der Waals surface area (Å²) in [6, 6.07) is 0. The van der Waals surface area contributed by atoms with Crippen molar-refractivity contribution < 1.29 is 9.53 Å². The molecule has 0 unspecified atom stereocenters. The highest BCUT2D eigenvalue weighted by molar-refractivity contribution is 5.75. The topological polar surface area (TPSA) is 50.4 Å². The van der Waals surface area contributed by atoms with Gasteiger partial charge in [-0.15, -0.1) is 0 Å². The molecule has 0 heterocycles. The Hall–Kier alpha value is -0.610. The zero-order valence-corrected chi connectivity index (χ0v) is 12.5. The van der Waals surface area contributed by atoms with Crippen molar-refractivity contribution in [3.8, 4) is 0 Å². The molecular weight excluding hydrogens is 228 g/mol. The van der Waals surface area contributed by atoms with Crippen LogP contribution >= 0.6 is 0 Å². The monoisotopic (exact) mass is 258 g/mol. The molecule has 2 N–H and O–H groups in total. The van der Waals surface area contributed by atoms with Crippen molar-refractivity contribution in [1.29, 1.82) is 0 Å². The van der Waals surface area contributed by atoms with Gasteiger partial charge in [-0.2, -0.15) is 0 Å². The molecule has 0 aromatic carbocycles. The Morgan fingerprint density at radius 2 is 1.78 bits per heavy atom. The largest absolute Gasteiger partial charge is 0.381 e. The molecule has 0 aliphatic heterocycles. The van der Waals surface area contributed by atoms with E-state index in [4.69, 9.17) is 4.74 Å². The molecule has 0 aliphatic rings. The highest BCUT2D eigenvalue weighted by atomic mass is 16.5. The van der Waals surface area contributed by atoms with Gasteiger partial charge in [0, 0.05) is 38.3 Å². The molecule has 108 valence electrons. The molecule has 0 aliphatic carbocycles. The van der Waals surface area contributed by atoms with Crippen LogP contribution in [-0.4, -0.2) is 37.7 Å². The first-order valence-corrected chi connectivity index (χ1v) is 7.05. The van der Waals surface area contributed by atoms with E-state index in [-0.39, 0.29) is 11.4 Å². The van der Waals surface area contributed by atoms with Gasteiger partial charge in [-0.1, -0.05) is 13.3 Å². The van der Waals surface area contributed by atoms with Crippen LogP contribution in [0.5, 0.6) is 0 Å². The van der Waals surface area contributed by atoms with Crippen LogP contribution in [0.4, 0.5) is 0 Å². The van der Waals surface area contributed by atoms with Gasteiger partial charge in [0.1, 0.15) is 0 Å². The van der Waals surface area contributed by atoms with E-state index in [2.05, 4.69) is 38.3 Å². The van der Waals surface area contributed by atoms with Crippen molar-refractivity contribution in [3.05, 3.63) is 0 Å². The van der Waals surface area contributed by atoms with Crippen LogP contribution in [0.3, 0.4) is 0 Å². The maximum Gasteiger partial charge on any atom is 0.221 e. The van der Waals surface area contributed by atoms with Gasteiger partial charge in [-0.05, 0) is 33.6 Å². The first-order chi connectivity index (χ1) is 8.45. The lowest BCUT2D eigenvalue weighted by atomic mass is 10.1. The Morgan fingerprint density at radius 1 is 1.11 bits per heavy atom. The maximum atomic E-state index is 11.5. The number of unbranched alkanes of at least 4 members (excludes halogenated alkanes) is 1. The maximum absolute atomic E-state index is 11.5. The summed E-state index contributed by atoms with van der Waals surface area (Å²) in [6.45, 7) is 11.4. The Bertz CT molecular complexity index is 212. The van der Waals surface area contributed by atoms with Gasteiger partial charge in [0.15, 0.2) is 0 Å². The summed E-state index contributed by atoms with van der Waals surface area (Å²) in [6.07, 6.45) is 3.71. The first-order valence-electron chi connectivity index (χ1n) is 7.05. The fourth-order valence-corrected chi connectivity index (χ4v) is 1.39.